The molecule has 10 heavy (non-hydrogen) atoms. The lowest BCUT2D eigenvalue weighted by atomic mass is 10.2. The Morgan fingerprint density at radius 1 is 1.60 bits per heavy atom. The molecule has 1 nitrogen and oxygen atoms in total. The highest BCUT2D eigenvalue weighted by Gasteiger charge is 1.95. The molecule has 0 saturated carbocycles. The SMILES string of the molecule is CCC1=C(C)C=CCC=N1. The Labute approximate surface area is 62.2 Å². The van der Waals surface area contributed by atoms with Crippen LogP contribution in [0.15, 0.2) is 28.4 Å². The van der Waals surface area contributed by atoms with Crippen molar-refractivity contribution < 1.29 is 0 Å². The monoisotopic (exact) mass is 135 g/mol. The summed E-state index contributed by atoms with van der Waals surface area (Å²) >= 11 is 0. The van der Waals surface area contributed by atoms with Gasteiger partial charge in [0.15, 0.2) is 0 Å². The summed E-state index contributed by atoms with van der Waals surface area (Å²) in [4.78, 5) is 4.31. The van der Waals surface area contributed by atoms with Crippen LogP contribution in [-0.4, -0.2) is 6.21 Å². The fourth-order valence-electron chi connectivity index (χ4n) is 1.04. The molecule has 0 bridgehead atoms. The van der Waals surface area contributed by atoms with Crippen LogP contribution in [-0.2, 0) is 0 Å². The van der Waals surface area contributed by atoms with Gasteiger partial charge < -0.3 is 0 Å². The Morgan fingerprint density at radius 2 is 2.40 bits per heavy atom. The second kappa shape index (κ2) is 3.35. The van der Waals surface area contributed by atoms with E-state index in [1.807, 2.05) is 6.21 Å². The van der Waals surface area contributed by atoms with Crippen molar-refractivity contribution in [3.8, 4) is 0 Å². The number of hydrogen-bond donors (Lipinski definition) is 0. The number of allylic oxidation sites excluding steroid dienone is 4. The summed E-state index contributed by atoms with van der Waals surface area (Å²) in [5.74, 6) is 0. The van der Waals surface area contributed by atoms with Gasteiger partial charge in [0, 0.05) is 18.3 Å². The van der Waals surface area contributed by atoms with Gasteiger partial charge in [-0.3, -0.25) is 4.99 Å². The molecule has 0 spiro atoms. The first-order chi connectivity index (χ1) is 4.84. The molecule has 1 heterocycles. The van der Waals surface area contributed by atoms with Gasteiger partial charge in [-0.15, -0.1) is 0 Å². The zero-order valence-electron chi connectivity index (χ0n) is 6.59. The van der Waals surface area contributed by atoms with E-state index in [0.717, 1.165) is 12.8 Å². The van der Waals surface area contributed by atoms with Crippen molar-refractivity contribution in [3.05, 3.63) is 23.4 Å². The van der Waals surface area contributed by atoms with E-state index < -0.39 is 0 Å². The predicted molar refractivity (Wildman–Crippen MR) is 45.2 cm³/mol. The molecule has 1 rings (SSSR count). The lowest BCUT2D eigenvalue weighted by Gasteiger charge is -1.97. The fraction of sp³-hybridized carbons (Fsp3) is 0.444. The van der Waals surface area contributed by atoms with Gasteiger partial charge in [0.25, 0.3) is 0 Å². The highest BCUT2D eigenvalue weighted by molar-refractivity contribution is 5.62. The van der Waals surface area contributed by atoms with Gasteiger partial charge in [-0.25, -0.2) is 0 Å². The number of nitrogens with zero attached hydrogens (tertiary/aromatic N) is 1. The third-order valence-electron chi connectivity index (χ3n) is 1.65. The summed E-state index contributed by atoms with van der Waals surface area (Å²) in [6.45, 7) is 4.24. The molecule has 0 atom stereocenters. The molecule has 0 fully saturated rings. The van der Waals surface area contributed by atoms with Crippen molar-refractivity contribution in [2.24, 2.45) is 4.99 Å². The molecule has 1 heteroatoms. The van der Waals surface area contributed by atoms with Crippen LogP contribution in [0.5, 0.6) is 0 Å². The van der Waals surface area contributed by atoms with Gasteiger partial charge in [-0.2, -0.15) is 0 Å². The van der Waals surface area contributed by atoms with E-state index in [9.17, 15) is 0 Å². The average Bonchev–Trinajstić information content (AvgIpc) is 2.13. The minimum atomic E-state index is 0.973. The van der Waals surface area contributed by atoms with E-state index in [-0.39, 0.29) is 0 Å². The fourth-order valence-corrected chi connectivity index (χ4v) is 1.04. The lowest BCUT2D eigenvalue weighted by molar-refractivity contribution is 1.05. The van der Waals surface area contributed by atoms with Crippen molar-refractivity contribution in [1.29, 1.82) is 0 Å². The van der Waals surface area contributed by atoms with Crippen LogP contribution < -0.4 is 0 Å². The van der Waals surface area contributed by atoms with Crippen LogP contribution in [0.2, 0.25) is 0 Å². The van der Waals surface area contributed by atoms with E-state index >= 15 is 0 Å². The number of aliphatic imine (C=N–C) groups is 1. The molecule has 54 valence electrons. The zero-order chi connectivity index (χ0) is 7.40. The minimum Gasteiger partial charge on any atom is -0.265 e. The predicted octanol–water partition coefficient (Wildman–Crippen LogP) is 2.70. The van der Waals surface area contributed by atoms with Crippen molar-refractivity contribution in [1.82, 2.24) is 0 Å². The average molecular weight is 135 g/mol. The second-order valence-corrected chi connectivity index (χ2v) is 2.43. The number of rotatable bonds is 1. The maximum absolute atomic E-state index is 4.31. The van der Waals surface area contributed by atoms with Crippen LogP contribution >= 0.6 is 0 Å². The first-order valence-corrected chi connectivity index (χ1v) is 3.73. The quantitative estimate of drug-likeness (QED) is 0.524. The summed E-state index contributed by atoms with van der Waals surface area (Å²) < 4.78 is 0. The van der Waals surface area contributed by atoms with Gasteiger partial charge in [0.1, 0.15) is 0 Å². The van der Waals surface area contributed by atoms with E-state index in [0.29, 0.717) is 0 Å². The van der Waals surface area contributed by atoms with Crippen LogP contribution in [0.3, 0.4) is 0 Å². The molecule has 0 aliphatic carbocycles. The Balaban J connectivity index is 2.88. The van der Waals surface area contributed by atoms with Crippen LogP contribution in [0, 0.1) is 0 Å². The van der Waals surface area contributed by atoms with Crippen molar-refractivity contribution >= 4 is 6.21 Å². The van der Waals surface area contributed by atoms with E-state index in [1.54, 1.807) is 0 Å². The third-order valence-corrected chi connectivity index (χ3v) is 1.65. The van der Waals surface area contributed by atoms with Crippen molar-refractivity contribution in [3.63, 3.8) is 0 Å². The molecule has 0 N–H and O–H groups in total. The van der Waals surface area contributed by atoms with E-state index in [1.165, 1.54) is 11.3 Å². The molecule has 0 radical (unpaired) electrons. The van der Waals surface area contributed by atoms with Gasteiger partial charge >= 0.3 is 0 Å². The van der Waals surface area contributed by atoms with Gasteiger partial charge in [0.05, 0.1) is 0 Å². The van der Waals surface area contributed by atoms with Crippen molar-refractivity contribution in [2.45, 2.75) is 26.7 Å². The maximum Gasteiger partial charge on any atom is 0.0426 e. The summed E-state index contributed by atoms with van der Waals surface area (Å²) in [7, 11) is 0. The lowest BCUT2D eigenvalue weighted by Crippen LogP contribution is -1.79. The molecule has 0 aromatic rings. The van der Waals surface area contributed by atoms with Gasteiger partial charge in [-0.05, 0) is 18.9 Å². The van der Waals surface area contributed by atoms with Crippen LogP contribution in [0.1, 0.15) is 26.7 Å². The van der Waals surface area contributed by atoms with Crippen LogP contribution in [0.25, 0.3) is 0 Å². The second-order valence-electron chi connectivity index (χ2n) is 2.43. The summed E-state index contributed by atoms with van der Waals surface area (Å²) in [5, 5.41) is 0. The van der Waals surface area contributed by atoms with Gasteiger partial charge in [0.2, 0.25) is 0 Å². The Morgan fingerprint density at radius 3 is 3.10 bits per heavy atom. The topological polar surface area (TPSA) is 12.4 Å². The largest absolute Gasteiger partial charge is 0.265 e. The molecule has 0 saturated heterocycles. The Bertz CT molecular complexity index is 197. The molecule has 0 unspecified atom stereocenters. The van der Waals surface area contributed by atoms with E-state index in [4.69, 9.17) is 0 Å². The standard InChI is InChI=1S/C9H13N/c1-3-9-8(2)6-4-5-7-10-9/h4,6-7H,3,5H2,1-2H3. The summed E-state index contributed by atoms with van der Waals surface area (Å²) in [6.07, 6.45) is 8.26. The molecule has 0 amide bonds. The summed E-state index contributed by atoms with van der Waals surface area (Å²) in [6, 6.07) is 0. The van der Waals surface area contributed by atoms with E-state index in [2.05, 4.69) is 31.0 Å². The molecule has 1 aliphatic rings. The first-order valence-electron chi connectivity index (χ1n) is 3.73. The molecule has 0 aromatic heterocycles. The maximum atomic E-state index is 4.31. The molecular formula is C9H13N. The first kappa shape index (κ1) is 7.26. The molecule has 1 aliphatic heterocycles. The summed E-state index contributed by atoms with van der Waals surface area (Å²) in [5.41, 5.74) is 2.52. The third kappa shape index (κ3) is 1.56. The smallest absolute Gasteiger partial charge is 0.0426 e. The Kier molecular flexibility index (Phi) is 2.43. The normalized spacial score (nSPS) is 17.8. The number of hydrogen-bond acceptors (Lipinski definition) is 1. The highest BCUT2D eigenvalue weighted by Crippen LogP contribution is 2.13. The molecule has 0 aromatic carbocycles. The zero-order valence-corrected chi connectivity index (χ0v) is 6.59. The molecular weight excluding hydrogens is 122 g/mol. The highest BCUT2D eigenvalue weighted by atomic mass is 14.7. The van der Waals surface area contributed by atoms with Gasteiger partial charge in [-0.1, -0.05) is 19.1 Å². The minimum absolute atomic E-state index is 0.973. The Hall–Kier alpha value is -0.850. The van der Waals surface area contributed by atoms with Crippen molar-refractivity contribution in [2.75, 3.05) is 0 Å². The van der Waals surface area contributed by atoms with Crippen LogP contribution in [0.4, 0.5) is 0 Å².